The lowest BCUT2D eigenvalue weighted by Gasteiger charge is -2.05. The van der Waals surface area contributed by atoms with E-state index in [0.29, 0.717) is 12.8 Å². The van der Waals surface area contributed by atoms with E-state index in [4.69, 9.17) is 10.2 Å². The average molecular weight is 597 g/mol. The average Bonchev–Trinajstić information content (AvgIpc) is 3.85. The highest BCUT2D eigenvalue weighted by Crippen LogP contribution is 2.14. The lowest BCUT2D eigenvalue weighted by molar-refractivity contribution is -0.139. The Morgan fingerprint density at radius 3 is 1.43 bits per heavy atom. The maximum Gasteiger partial charge on any atom is 0.303 e. The molecule has 0 saturated carbocycles. The van der Waals surface area contributed by atoms with Crippen LogP contribution in [-0.4, -0.2) is 71.2 Å². The van der Waals surface area contributed by atoms with Crippen molar-refractivity contribution in [1.29, 1.82) is 0 Å². The van der Waals surface area contributed by atoms with Crippen LogP contribution in [0.2, 0.25) is 0 Å². The van der Waals surface area contributed by atoms with Gasteiger partial charge in [-0.2, -0.15) is 0 Å². The second-order valence-corrected chi connectivity index (χ2v) is 9.35. The van der Waals surface area contributed by atoms with Gasteiger partial charge in [-0.1, -0.05) is 12.1 Å². The van der Waals surface area contributed by atoms with Crippen LogP contribution in [0.25, 0.3) is 23.3 Å². The normalized spacial score (nSPS) is 10.3. The summed E-state index contributed by atoms with van der Waals surface area (Å²) in [5.41, 5.74) is 2.27. The zero-order valence-electron chi connectivity index (χ0n) is 23.8. The first kappa shape index (κ1) is 31.0. The second-order valence-electron chi connectivity index (χ2n) is 9.35. The molecule has 0 atom stereocenters. The summed E-state index contributed by atoms with van der Waals surface area (Å²) in [6, 6.07) is 7.94. The fourth-order valence-electron chi connectivity index (χ4n) is 4.01. The number of nitrogens with one attached hydrogen (secondary N) is 2. The molecule has 0 aliphatic rings. The number of hydrogen-bond donors (Lipinski definition) is 4. The standard InChI is InChI=1S/2C12H11N5.C6H10O4/c2*1-2-10(8-13-3-1)9-17-7-6-16-12(17)11-14-4-5-15-11;7-5(8)3-1-2-4-6(9)10/h2*1-8H,9H2,(H,14,15);1-4H2,(H,7,8)(H,9,10). The van der Waals surface area contributed by atoms with Gasteiger partial charge in [-0.05, 0) is 36.1 Å². The van der Waals surface area contributed by atoms with E-state index in [2.05, 4.69) is 39.9 Å². The van der Waals surface area contributed by atoms with Crippen LogP contribution in [0.1, 0.15) is 36.8 Å². The van der Waals surface area contributed by atoms with Crippen LogP contribution in [0, 0.1) is 0 Å². The van der Waals surface area contributed by atoms with Crippen LogP contribution in [-0.2, 0) is 22.7 Å². The molecule has 44 heavy (non-hydrogen) atoms. The number of unbranched alkanes of at least 4 members (excludes halogenated alkanes) is 1. The topological polar surface area (TPSA) is 193 Å². The summed E-state index contributed by atoms with van der Waals surface area (Å²) in [5.74, 6) is 1.48. The Balaban J connectivity index is 0.000000157. The predicted octanol–water partition coefficient (Wildman–Crippen LogP) is 4.15. The molecule has 0 fully saturated rings. The minimum Gasteiger partial charge on any atom is -0.481 e. The minimum atomic E-state index is -0.870. The van der Waals surface area contributed by atoms with Gasteiger partial charge in [0.15, 0.2) is 23.3 Å². The first-order chi connectivity index (χ1) is 21.5. The van der Waals surface area contributed by atoms with Crippen LogP contribution >= 0.6 is 0 Å². The molecule has 0 saturated heterocycles. The number of H-pyrrole nitrogens is 2. The summed E-state index contributed by atoms with van der Waals surface area (Å²) >= 11 is 0. The largest absolute Gasteiger partial charge is 0.481 e. The van der Waals surface area contributed by atoms with E-state index in [0.717, 1.165) is 47.5 Å². The monoisotopic (exact) mass is 596 g/mol. The van der Waals surface area contributed by atoms with Crippen molar-refractivity contribution in [3.63, 3.8) is 0 Å². The molecule has 6 heterocycles. The fourth-order valence-corrected chi connectivity index (χ4v) is 4.01. The number of aromatic amines is 2. The van der Waals surface area contributed by atoms with Crippen molar-refractivity contribution >= 4 is 11.9 Å². The molecular weight excluding hydrogens is 564 g/mol. The maximum atomic E-state index is 9.90. The van der Waals surface area contributed by atoms with Crippen LogP contribution in [0.5, 0.6) is 0 Å². The molecule has 0 amide bonds. The predicted molar refractivity (Wildman–Crippen MR) is 160 cm³/mol. The fraction of sp³-hybridized carbons (Fsp3) is 0.200. The summed E-state index contributed by atoms with van der Waals surface area (Å²) in [6.07, 6.45) is 22.7. The van der Waals surface area contributed by atoms with E-state index >= 15 is 0 Å². The van der Waals surface area contributed by atoms with Gasteiger partial charge < -0.3 is 29.3 Å². The van der Waals surface area contributed by atoms with Crippen LogP contribution in [0.3, 0.4) is 0 Å². The summed E-state index contributed by atoms with van der Waals surface area (Å²) in [6.45, 7) is 1.48. The van der Waals surface area contributed by atoms with E-state index in [1.165, 1.54) is 0 Å². The van der Waals surface area contributed by atoms with Crippen LogP contribution in [0.4, 0.5) is 0 Å². The molecule has 0 bridgehead atoms. The number of hydrogen-bond acceptors (Lipinski definition) is 8. The smallest absolute Gasteiger partial charge is 0.303 e. The molecule has 4 N–H and O–H groups in total. The van der Waals surface area contributed by atoms with E-state index in [1.54, 1.807) is 49.6 Å². The van der Waals surface area contributed by atoms with Crippen molar-refractivity contribution in [2.75, 3.05) is 0 Å². The summed E-state index contributed by atoms with van der Waals surface area (Å²) in [7, 11) is 0. The number of aromatic nitrogens is 10. The highest BCUT2D eigenvalue weighted by Gasteiger charge is 2.09. The van der Waals surface area contributed by atoms with Crippen molar-refractivity contribution < 1.29 is 19.8 Å². The summed E-state index contributed by atoms with van der Waals surface area (Å²) < 4.78 is 4.08. The number of carboxylic acid groups (broad SMARTS) is 2. The Hall–Kier alpha value is -5.92. The summed E-state index contributed by atoms with van der Waals surface area (Å²) in [5, 5.41) is 16.3. The van der Waals surface area contributed by atoms with Crippen LogP contribution < -0.4 is 0 Å². The molecule has 0 aliphatic heterocycles. The molecule has 6 rings (SSSR count). The maximum absolute atomic E-state index is 9.90. The van der Waals surface area contributed by atoms with Crippen molar-refractivity contribution in [3.05, 3.63) is 110 Å². The van der Waals surface area contributed by atoms with Crippen molar-refractivity contribution in [2.24, 2.45) is 0 Å². The van der Waals surface area contributed by atoms with Crippen molar-refractivity contribution in [3.8, 4) is 23.3 Å². The van der Waals surface area contributed by atoms with E-state index in [-0.39, 0.29) is 12.8 Å². The number of nitrogens with zero attached hydrogens (tertiary/aromatic N) is 8. The Morgan fingerprint density at radius 2 is 1.09 bits per heavy atom. The third-order valence-corrected chi connectivity index (χ3v) is 6.03. The van der Waals surface area contributed by atoms with Gasteiger partial charge in [-0.25, -0.2) is 19.9 Å². The SMILES string of the molecule is O=C(O)CCCCC(=O)O.c1cncc(Cn2ccnc2-c2ncc[nH]2)c1.c1cncc(Cn2ccnc2-c2ncc[nH]2)c1. The molecule has 226 valence electrons. The molecule has 14 heteroatoms. The van der Waals surface area contributed by atoms with Crippen molar-refractivity contribution in [2.45, 2.75) is 38.8 Å². The number of carbonyl (C=O) groups is 2. The summed E-state index contributed by atoms with van der Waals surface area (Å²) in [4.78, 5) is 51.1. The lowest BCUT2D eigenvalue weighted by atomic mass is 10.2. The minimum absolute atomic E-state index is 0.0628. The molecule has 0 aromatic carbocycles. The molecule has 0 aliphatic carbocycles. The van der Waals surface area contributed by atoms with Gasteiger partial charge in [0, 0.05) is 87.2 Å². The molecule has 0 radical (unpaired) electrons. The van der Waals surface area contributed by atoms with E-state index in [1.807, 2.05) is 58.2 Å². The number of carboxylic acids is 2. The molecule has 0 spiro atoms. The number of pyridine rings is 2. The van der Waals surface area contributed by atoms with Gasteiger partial charge >= 0.3 is 11.9 Å². The first-order valence-electron chi connectivity index (χ1n) is 13.7. The van der Waals surface area contributed by atoms with Gasteiger partial charge in [0.25, 0.3) is 0 Å². The van der Waals surface area contributed by atoms with Crippen molar-refractivity contribution in [1.82, 2.24) is 49.0 Å². The highest BCUT2D eigenvalue weighted by molar-refractivity contribution is 5.67. The Bertz CT molecular complexity index is 1540. The third-order valence-electron chi connectivity index (χ3n) is 6.03. The first-order valence-corrected chi connectivity index (χ1v) is 13.7. The second kappa shape index (κ2) is 16.5. The van der Waals surface area contributed by atoms with Gasteiger partial charge in [-0.3, -0.25) is 19.6 Å². The molecule has 6 aromatic heterocycles. The zero-order chi connectivity index (χ0) is 31.0. The quantitative estimate of drug-likeness (QED) is 0.158. The highest BCUT2D eigenvalue weighted by atomic mass is 16.4. The van der Waals surface area contributed by atoms with Gasteiger partial charge in [0.05, 0.1) is 13.1 Å². The third kappa shape index (κ3) is 9.87. The van der Waals surface area contributed by atoms with Gasteiger partial charge in [-0.15, -0.1) is 0 Å². The Morgan fingerprint density at radius 1 is 0.636 bits per heavy atom. The van der Waals surface area contributed by atoms with Gasteiger partial charge in [0.1, 0.15) is 0 Å². The number of imidazole rings is 4. The zero-order valence-corrected chi connectivity index (χ0v) is 23.8. The van der Waals surface area contributed by atoms with E-state index < -0.39 is 11.9 Å². The molecular formula is C30H32N10O4. The van der Waals surface area contributed by atoms with E-state index in [9.17, 15) is 9.59 Å². The lowest BCUT2D eigenvalue weighted by Crippen LogP contribution is -2.02. The Labute approximate surface area is 252 Å². The number of rotatable bonds is 11. The van der Waals surface area contributed by atoms with Crippen LogP contribution in [0.15, 0.2) is 98.6 Å². The Kier molecular flexibility index (Phi) is 11.6. The molecule has 6 aromatic rings. The molecule has 0 unspecified atom stereocenters. The van der Waals surface area contributed by atoms with Gasteiger partial charge in [0.2, 0.25) is 0 Å². The number of aliphatic carboxylic acids is 2. The molecule has 14 nitrogen and oxygen atoms in total.